The number of guanidine groups is 1. The zero-order valence-electron chi connectivity index (χ0n) is 15.7. The number of para-hydroxylation sites is 1. The number of sulfonamides is 1. The van der Waals surface area contributed by atoms with Crippen molar-refractivity contribution in [2.24, 2.45) is 12.0 Å². The molecule has 10 heteroatoms. The molecule has 1 aromatic carbocycles. The largest absolute Gasteiger partial charge is 0.352 e. The Morgan fingerprint density at radius 1 is 1.33 bits per heavy atom. The molecule has 7 nitrogen and oxygen atoms in total. The highest BCUT2D eigenvalue weighted by molar-refractivity contribution is 14.0. The zero-order valence-corrected chi connectivity index (χ0v) is 20.5. The number of benzene rings is 1. The molecule has 2 N–H and O–H groups in total. The maximum Gasteiger partial charge on any atom is 0.229 e. The van der Waals surface area contributed by atoms with Gasteiger partial charge >= 0.3 is 0 Å². The second kappa shape index (κ2) is 10.3. The molecule has 2 aromatic rings. The van der Waals surface area contributed by atoms with E-state index in [2.05, 4.69) is 41.6 Å². The summed E-state index contributed by atoms with van der Waals surface area (Å²) >= 11 is 3.48. The van der Waals surface area contributed by atoms with Crippen LogP contribution in [0.3, 0.4) is 0 Å². The van der Waals surface area contributed by atoms with E-state index in [0.717, 1.165) is 27.9 Å². The quantitative estimate of drug-likeness (QED) is 0.318. The van der Waals surface area contributed by atoms with Crippen molar-refractivity contribution < 1.29 is 8.42 Å². The lowest BCUT2D eigenvalue weighted by Crippen LogP contribution is -2.38. The lowest BCUT2D eigenvalue weighted by atomic mass is 10.2. The third-order valence-corrected chi connectivity index (χ3v) is 4.82. The minimum Gasteiger partial charge on any atom is -0.352 e. The molecule has 0 aliphatic carbocycles. The van der Waals surface area contributed by atoms with Gasteiger partial charge in [0.1, 0.15) is 0 Å². The van der Waals surface area contributed by atoms with Crippen LogP contribution in [0.4, 0.5) is 5.69 Å². The molecular weight excluding hydrogens is 545 g/mol. The van der Waals surface area contributed by atoms with Crippen molar-refractivity contribution in [1.29, 1.82) is 0 Å². The van der Waals surface area contributed by atoms with E-state index in [1.54, 1.807) is 19.2 Å². The second-order valence-electron chi connectivity index (χ2n) is 6.05. The summed E-state index contributed by atoms with van der Waals surface area (Å²) in [6, 6.07) is 9.35. The molecule has 0 unspecified atom stereocenters. The molecule has 1 heterocycles. The molecule has 150 valence electrons. The number of aliphatic imine (C=N–C) groups is 1. The monoisotopic (exact) mass is 569 g/mol. The molecule has 2 rings (SSSR count). The normalized spacial score (nSPS) is 11.7. The molecule has 0 saturated carbocycles. The molecule has 0 spiro atoms. The Kier molecular flexibility index (Phi) is 9.09. The lowest BCUT2D eigenvalue weighted by molar-refractivity contribution is 0.462. The van der Waals surface area contributed by atoms with Gasteiger partial charge in [-0.05, 0) is 33.6 Å². The first-order valence-electron chi connectivity index (χ1n) is 7.98. The van der Waals surface area contributed by atoms with Crippen molar-refractivity contribution in [2.75, 3.05) is 25.1 Å². The fraction of sp³-hybridized carbons (Fsp3) is 0.353. The Hall–Kier alpha value is -1.27. The average molecular weight is 570 g/mol. The number of rotatable bonds is 6. The van der Waals surface area contributed by atoms with E-state index < -0.39 is 10.0 Å². The minimum atomic E-state index is -3.33. The molecule has 0 atom stereocenters. The van der Waals surface area contributed by atoms with Gasteiger partial charge in [0, 0.05) is 44.1 Å². The van der Waals surface area contributed by atoms with E-state index in [1.807, 2.05) is 37.3 Å². The fourth-order valence-corrected chi connectivity index (χ4v) is 3.74. The summed E-state index contributed by atoms with van der Waals surface area (Å²) in [4.78, 5) is 6.32. The summed E-state index contributed by atoms with van der Waals surface area (Å²) < 4.78 is 28.7. The Morgan fingerprint density at radius 2 is 2.00 bits per heavy atom. The molecule has 0 bridgehead atoms. The van der Waals surface area contributed by atoms with Gasteiger partial charge < -0.3 is 14.8 Å². The lowest BCUT2D eigenvalue weighted by Gasteiger charge is -2.23. The SMILES string of the molecule is CN=C(NCc1ccccc1NS(C)(=O)=O)N(C)Cc1cc(Br)cn1C.I. The van der Waals surface area contributed by atoms with E-state index in [1.165, 1.54) is 0 Å². The third-order valence-electron chi connectivity index (χ3n) is 3.80. The first kappa shape index (κ1) is 23.8. The van der Waals surface area contributed by atoms with Crippen LogP contribution in [-0.2, 0) is 30.2 Å². The van der Waals surface area contributed by atoms with Crippen molar-refractivity contribution in [3.05, 3.63) is 52.3 Å². The molecule has 0 aliphatic heterocycles. The van der Waals surface area contributed by atoms with E-state index in [-0.39, 0.29) is 24.0 Å². The van der Waals surface area contributed by atoms with Gasteiger partial charge in [-0.15, -0.1) is 24.0 Å². The van der Waals surface area contributed by atoms with Crippen molar-refractivity contribution >= 4 is 61.6 Å². The number of halogens is 2. The van der Waals surface area contributed by atoms with Gasteiger partial charge in [0.05, 0.1) is 18.5 Å². The van der Waals surface area contributed by atoms with Crippen LogP contribution < -0.4 is 10.0 Å². The van der Waals surface area contributed by atoms with Gasteiger partial charge in [0.2, 0.25) is 10.0 Å². The first-order chi connectivity index (χ1) is 12.2. The smallest absolute Gasteiger partial charge is 0.229 e. The van der Waals surface area contributed by atoms with Crippen LogP contribution in [0.15, 0.2) is 46.0 Å². The van der Waals surface area contributed by atoms with Gasteiger partial charge in [-0.2, -0.15) is 0 Å². The standard InChI is InChI=1S/C17H24BrN5O2S.HI/c1-19-17(23(3)12-15-9-14(18)11-22(15)2)20-10-13-7-5-6-8-16(13)21-26(4,24)25;/h5-9,11,21H,10,12H2,1-4H3,(H,19,20);1H. The number of nitrogens with one attached hydrogen (secondary N) is 2. The number of nitrogens with zero attached hydrogens (tertiary/aromatic N) is 3. The van der Waals surface area contributed by atoms with Crippen LogP contribution in [0.25, 0.3) is 0 Å². The molecule has 1 aromatic heterocycles. The number of anilines is 1. The maximum absolute atomic E-state index is 11.5. The predicted octanol–water partition coefficient (Wildman–Crippen LogP) is 2.98. The van der Waals surface area contributed by atoms with E-state index in [0.29, 0.717) is 18.8 Å². The maximum atomic E-state index is 11.5. The van der Waals surface area contributed by atoms with E-state index >= 15 is 0 Å². The third kappa shape index (κ3) is 7.34. The average Bonchev–Trinajstić information content (AvgIpc) is 2.85. The highest BCUT2D eigenvalue weighted by Crippen LogP contribution is 2.17. The van der Waals surface area contributed by atoms with Gasteiger partial charge in [0.25, 0.3) is 0 Å². The zero-order chi connectivity index (χ0) is 19.3. The topological polar surface area (TPSA) is 78.7 Å². The predicted molar refractivity (Wildman–Crippen MR) is 125 cm³/mol. The van der Waals surface area contributed by atoms with Gasteiger partial charge in [-0.1, -0.05) is 18.2 Å². The summed E-state index contributed by atoms with van der Waals surface area (Å²) in [6.45, 7) is 1.14. The van der Waals surface area contributed by atoms with Crippen molar-refractivity contribution in [3.8, 4) is 0 Å². The van der Waals surface area contributed by atoms with Crippen molar-refractivity contribution in [2.45, 2.75) is 13.1 Å². The summed E-state index contributed by atoms with van der Waals surface area (Å²) in [7, 11) is 2.35. The van der Waals surface area contributed by atoms with Crippen LogP contribution in [0.5, 0.6) is 0 Å². The number of hydrogen-bond acceptors (Lipinski definition) is 3. The van der Waals surface area contributed by atoms with Crippen molar-refractivity contribution in [1.82, 2.24) is 14.8 Å². The second-order valence-corrected chi connectivity index (χ2v) is 8.71. The number of aryl methyl sites for hydroxylation is 1. The fourth-order valence-electron chi connectivity index (χ4n) is 2.57. The minimum absolute atomic E-state index is 0. The van der Waals surface area contributed by atoms with Gasteiger partial charge in [0.15, 0.2) is 5.96 Å². The Labute approximate surface area is 186 Å². The van der Waals surface area contributed by atoms with Crippen LogP contribution in [0, 0.1) is 0 Å². The Morgan fingerprint density at radius 3 is 2.56 bits per heavy atom. The summed E-state index contributed by atoms with van der Waals surface area (Å²) in [6.07, 6.45) is 3.15. The van der Waals surface area contributed by atoms with Crippen LogP contribution >= 0.6 is 39.9 Å². The summed E-state index contributed by atoms with van der Waals surface area (Å²) in [5.41, 5.74) is 2.54. The van der Waals surface area contributed by atoms with Crippen LogP contribution in [-0.4, -0.2) is 44.2 Å². The highest BCUT2D eigenvalue weighted by atomic mass is 127. The Balaban J connectivity index is 0.00000364. The van der Waals surface area contributed by atoms with E-state index in [9.17, 15) is 8.42 Å². The molecule has 0 amide bonds. The molecule has 0 aliphatic rings. The van der Waals surface area contributed by atoms with E-state index in [4.69, 9.17) is 0 Å². The molecule has 0 fully saturated rings. The van der Waals surface area contributed by atoms with Crippen LogP contribution in [0.2, 0.25) is 0 Å². The summed E-state index contributed by atoms with van der Waals surface area (Å²) in [5.74, 6) is 0.719. The molecule has 27 heavy (non-hydrogen) atoms. The van der Waals surface area contributed by atoms with Gasteiger partial charge in [-0.25, -0.2) is 8.42 Å². The van der Waals surface area contributed by atoms with Gasteiger partial charge in [-0.3, -0.25) is 9.71 Å². The highest BCUT2D eigenvalue weighted by Gasteiger charge is 2.11. The molecule has 0 saturated heterocycles. The summed E-state index contributed by atoms with van der Waals surface area (Å²) in [5, 5.41) is 3.28. The van der Waals surface area contributed by atoms with Crippen LogP contribution in [0.1, 0.15) is 11.3 Å². The molecular formula is C17H25BrIN5O2S. The Bertz CT molecular complexity index is 898. The number of hydrogen-bond donors (Lipinski definition) is 2. The number of aromatic nitrogens is 1. The molecule has 0 radical (unpaired) electrons. The first-order valence-corrected chi connectivity index (χ1v) is 10.7. The van der Waals surface area contributed by atoms with Crippen molar-refractivity contribution in [3.63, 3.8) is 0 Å².